The molecule has 0 radical (unpaired) electrons. The highest BCUT2D eigenvalue weighted by atomic mass is 32.2. The zero-order valence-electron chi connectivity index (χ0n) is 9.64. The molecule has 0 aromatic rings. The van der Waals surface area contributed by atoms with Crippen LogP contribution in [0.3, 0.4) is 0 Å². The van der Waals surface area contributed by atoms with Gasteiger partial charge in [-0.05, 0) is 46.4 Å². The fourth-order valence-corrected chi connectivity index (χ4v) is 4.46. The Morgan fingerprint density at radius 1 is 1.21 bits per heavy atom. The zero-order valence-corrected chi connectivity index (χ0v) is 10.5. The second-order valence-electron chi connectivity index (χ2n) is 5.50. The van der Waals surface area contributed by atoms with E-state index in [-0.39, 0.29) is 16.1 Å². The van der Waals surface area contributed by atoms with Crippen LogP contribution in [-0.4, -0.2) is 28.4 Å². The van der Waals surface area contributed by atoms with E-state index in [2.05, 4.69) is 33.0 Å². The lowest BCUT2D eigenvalue weighted by Crippen LogP contribution is -2.57. The molecule has 0 amide bonds. The Balaban J connectivity index is 2.25. The van der Waals surface area contributed by atoms with Crippen LogP contribution in [0.2, 0.25) is 0 Å². The van der Waals surface area contributed by atoms with Crippen molar-refractivity contribution in [3.8, 4) is 0 Å². The largest absolute Gasteiger partial charge is 0.367 e. The van der Waals surface area contributed by atoms with Crippen LogP contribution in [0.25, 0.3) is 0 Å². The van der Waals surface area contributed by atoms with Gasteiger partial charge in [-0.25, -0.2) is 0 Å². The van der Waals surface area contributed by atoms with Crippen molar-refractivity contribution in [2.75, 3.05) is 12.3 Å². The summed E-state index contributed by atoms with van der Waals surface area (Å²) in [6, 6.07) is 0. The molecule has 1 spiro atoms. The van der Waals surface area contributed by atoms with Gasteiger partial charge in [-0.1, -0.05) is 0 Å². The summed E-state index contributed by atoms with van der Waals surface area (Å²) in [4.78, 5) is 0.148. The Bertz CT molecular complexity index is 231. The molecule has 1 N–H and O–H groups in total. The summed E-state index contributed by atoms with van der Waals surface area (Å²) in [5.41, 5.74) is -0.0393. The van der Waals surface area contributed by atoms with Crippen LogP contribution in [0.15, 0.2) is 0 Å². The molecule has 2 aliphatic heterocycles. The lowest BCUT2D eigenvalue weighted by Gasteiger charge is -2.42. The van der Waals surface area contributed by atoms with Crippen molar-refractivity contribution in [1.82, 2.24) is 5.32 Å². The van der Waals surface area contributed by atoms with E-state index in [0.717, 1.165) is 13.0 Å². The van der Waals surface area contributed by atoms with Crippen molar-refractivity contribution in [1.29, 1.82) is 0 Å². The van der Waals surface area contributed by atoms with Crippen LogP contribution in [0.4, 0.5) is 0 Å². The fourth-order valence-electron chi connectivity index (χ4n) is 2.78. The van der Waals surface area contributed by atoms with Crippen molar-refractivity contribution < 1.29 is 4.74 Å². The first-order valence-corrected chi connectivity index (χ1v) is 6.45. The summed E-state index contributed by atoms with van der Waals surface area (Å²) in [5, 5.41) is 3.68. The first kappa shape index (κ1) is 10.8. The maximum Gasteiger partial charge on any atom is 0.0960 e. The highest BCUT2D eigenvalue weighted by Gasteiger charge is 2.57. The molecule has 2 nitrogen and oxygen atoms in total. The topological polar surface area (TPSA) is 21.3 Å². The number of ether oxygens (including phenoxy) is 1. The van der Waals surface area contributed by atoms with Crippen molar-refractivity contribution in [2.45, 2.75) is 56.6 Å². The summed E-state index contributed by atoms with van der Waals surface area (Å²) in [6.07, 6.45) is 2.39. The number of hydrogen-bond acceptors (Lipinski definition) is 3. The summed E-state index contributed by atoms with van der Waals surface area (Å²) in [6.45, 7) is 9.96. The second kappa shape index (κ2) is 3.13. The molecule has 0 bridgehead atoms. The molecule has 2 heterocycles. The Labute approximate surface area is 91.2 Å². The first-order chi connectivity index (χ1) is 6.37. The SMILES string of the molecule is CC1(C)CC2(NCCCS2)C(C)(C)O1. The maximum absolute atomic E-state index is 6.15. The molecule has 14 heavy (non-hydrogen) atoms. The molecule has 82 valence electrons. The van der Waals surface area contributed by atoms with E-state index >= 15 is 0 Å². The van der Waals surface area contributed by atoms with Gasteiger partial charge in [-0.2, -0.15) is 0 Å². The number of rotatable bonds is 0. The molecule has 0 aromatic heterocycles. The molecule has 0 aliphatic carbocycles. The summed E-state index contributed by atoms with van der Waals surface area (Å²) in [7, 11) is 0. The van der Waals surface area contributed by atoms with Crippen LogP contribution >= 0.6 is 11.8 Å². The average Bonchev–Trinajstić information content (AvgIpc) is 2.18. The molecule has 0 aromatic carbocycles. The molecule has 2 saturated heterocycles. The van der Waals surface area contributed by atoms with Crippen LogP contribution in [0, 0.1) is 0 Å². The third kappa shape index (κ3) is 1.59. The minimum Gasteiger partial charge on any atom is -0.367 e. The summed E-state index contributed by atoms with van der Waals surface area (Å²) in [5.74, 6) is 1.26. The van der Waals surface area contributed by atoms with Crippen molar-refractivity contribution in [2.24, 2.45) is 0 Å². The van der Waals surface area contributed by atoms with Crippen LogP contribution < -0.4 is 5.32 Å². The monoisotopic (exact) mass is 215 g/mol. The number of hydrogen-bond donors (Lipinski definition) is 1. The Hall–Kier alpha value is 0.270. The van der Waals surface area contributed by atoms with Crippen molar-refractivity contribution in [3.05, 3.63) is 0 Å². The van der Waals surface area contributed by atoms with E-state index in [1.165, 1.54) is 12.2 Å². The van der Waals surface area contributed by atoms with E-state index < -0.39 is 0 Å². The van der Waals surface area contributed by atoms with Crippen molar-refractivity contribution >= 4 is 11.8 Å². The predicted molar refractivity (Wildman–Crippen MR) is 61.7 cm³/mol. The van der Waals surface area contributed by atoms with Gasteiger partial charge in [-0.3, -0.25) is 0 Å². The van der Waals surface area contributed by atoms with Gasteiger partial charge in [0, 0.05) is 6.42 Å². The molecule has 3 heteroatoms. The summed E-state index contributed by atoms with van der Waals surface area (Å²) >= 11 is 2.05. The molecule has 1 unspecified atom stereocenters. The Morgan fingerprint density at radius 2 is 1.93 bits per heavy atom. The molecule has 1 atom stereocenters. The minimum absolute atomic E-state index is 0.0147. The molecule has 2 fully saturated rings. The van der Waals surface area contributed by atoms with Gasteiger partial charge in [0.25, 0.3) is 0 Å². The first-order valence-electron chi connectivity index (χ1n) is 5.46. The average molecular weight is 215 g/mol. The van der Waals surface area contributed by atoms with Gasteiger partial charge in [0.15, 0.2) is 0 Å². The van der Waals surface area contributed by atoms with Gasteiger partial charge in [0.05, 0.1) is 16.1 Å². The molecule has 2 rings (SSSR count). The Kier molecular flexibility index (Phi) is 2.41. The number of nitrogens with one attached hydrogen (secondary N) is 1. The smallest absolute Gasteiger partial charge is 0.0960 e. The molecule has 2 aliphatic rings. The zero-order chi connectivity index (χ0) is 10.4. The lowest BCUT2D eigenvalue weighted by molar-refractivity contribution is -0.0732. The quantitative estimate of drug-likeness (QED) is 0.670. The highest BCUT2D eigenvalue weighted by Crippen LogP contribution is 2.52. The Morgan fingerprint density at radius 3 is 2.36 bits per heavy atom. The van der Waals surface area contributed by atoms with Gasteiger partial charge < -0.3 is 10.1 Å². The van der Waals surface area contributed by atoms with E-state index in [1.54, 1.807) is 0 Å². The maximum atomic E-state index is 6.15. The fraction of sp³-hybridized carbons (Fsp3) is 1.00. The van der Waals surface area contributed by atoms with E-state index in [9.17, 15) is 0 Å². The normalized spacial score (nSPS) is 40.3. The van der Waals surface area contributed by atoms with Gasteiger partial charge in [0.2, 0.25) is 0 Å². The standard InChI is InChI=1S/C11H21NOS/c1-9(2)8-11(10(3,4)13-9)12-6-5-7-14-11/h12H,5-8H2,1-4H3. The van der Waals surface area contributed by atoms with Crippen LogP contribution in [0.5, 0.6) is 0 Å². The molecule has 0 saturated carbocycles. The van der Waals surface area contributed by atoms with Crippen molar-refractivity contribution in [3.63, 3.8) is 0 Å². The van der Waals surface area contributed by atoms with Gasteiger partial charge in [0.1, 0.15) is 0 Å². The van der Waals surface area contributed by atoms with E-state index in [0.29, 0.717) is 0 Å². The number of thioether (sulfide) groups is 1. The van der Waals surface area contributed by atoms with Crippen LogP contribution in [-0.2, 0) is 4.74 Å². The second-order valence-corrected chi connectivity index (χ2v) is 6.90. The lowest BCUT2D eigenvalue weighted by atomic mass is 9.93. The van der Waals surface area contributed by atoms with Crippen LogP contribution in [0.1, 0.15) is 40.5 Å². The summed E-state index contributed by atoms with van der Waals surface area (Å²) < 4.78 is 6.15. The predicted octanol–water partition coefficient (Wildman–Crippen LogP) is 2.39. The third-order valence-corrected chi connectivity index (χ3v) is 5.02. The van der Waals surface area contributed by atoms with Gasteiger partial charge >= 0.3 is 0 Å². The molecular weight excluding hydrogens is 194 g/mol. The highest BCUT2D eigenvalue weighted by molar-refractivity contribution is 8.00. The van der Waals surface area contributed by atoms with E-state index in [1.807, 2.05) is 11.8 Å². The van der Waals surface area contributed by atoms with E-state index in [4.69, 9.17) is 4.74 Å². The molecular formula is C11H21NOS. The van der Waals surface area contributed by atoms with Gasteiger partial charge in [-0.15, -0.1) is 11.8 Å². The third-order valence-electron chi connectivity index (χ3n) is 3.26. The minimum atomic E-state index is -0.0540.